The molecule has 3 aromatic rings. The molecule has 0 unspecified atom stereocenters. The Labute approximate surface area is 311 Å². The van der Waals surface area contributed by atoms with Gasteiger partial charge in [-0.3, -0.25) is 19.2 Å². The van der Waals surface area contributed by atoms with Gasteiger partial charge in [-0.05, 0) is 61.4 Å². The van der Waals surface area contributed by atoms with Crippen molar-refractivity contribution in [1.29, 1.82) is 0 Å². The summed E-state index contributed by atoms with van der Waals surface area (Å²) in [5, 5.41) is 14.7. The molecule has 0 aliphatic carbocycles. The summed E-state index contributed by atoms with van der Waals surface area (Å²) in [5.41, 5.74) is 6.77. The normalized spacial score (nSPS) is 17.9. The molecule has 54 heavy (non-hydrogen) atoms. The predicted molar refractivity (Wildman–Crippen MR) is 194 cm³/mol. The number of nitrogens with two attached hydrogens (primary N) is 1. The highest BCUT2D eigenvalue weighted by molar-refractivity contribution is 7.92. The fraction of sp³-hybridized carbons (Fsp3) is 0.444. The Bertz CT molecular complexity index is 2040. The van der Waals surface area contributed by atoms with Gasteiger partial charge in [0.25, 0.3) is 5.91 Å². The zero-order valence-electron chi connectivity index (χ0n) is 30.1. The van der Waals surface area contributed by atoms with Gasteiger partial charge in [0.05, 0.1) is 47.4 Å². The van der Waals surface area contributed by atoms with Gasteiger partial charge in [-0.25, -0.2) is 23.0 Å². The lowest BCUT2D eigenvalue weighted by Crippen LogP contribution is -2.55. The van der Waals surface area contributed by atoms with Gasteiger partial charge in [0.1, 0.15) is 35.1 Å². The van der Waals surface area contributed by atoms with Crippen LogP contribution in [0.2, 0.25) is 0 Å². The second kappa shape index (κ2) is 17.3. The van der Waals surface area contributed by atoms with E-state index in [0.717, 1.165) is 12.3 Å². The Morgan fingerprint density at radius 2 is 1.85 bits per heavy atom. The number of hydrogen-bond donors (Lipinski definition) is 4. The number of halogens is 2. The number of nitrogens with zero attached hydrogens (tertiary/aromatic N) is 4. The van der Waals surface area contributed by atoms with Crippen molar-refractivity contribution in [3.05, 3.63) is 59.8 Å². The van der Waals surface area contributed by atoms with Crippen molar-refractivity contribution < 1.29 is 46.7 Å². The van der Waals surface area contributed by atoms with E-state index in [0.29, 0.717) is 36.3 Å². The summed E-state index contributed by atoms with van der Waals surface area (Å²) < 4.78 is 58.8. The fourth-order valence-electron chi connectivity index (χ4n) is 6.18. The Hall–Kier alpha value is -5.23. The lowest BCUT2D eigenvalue weighted by atomic mass is 10.0. The SMILES string of the molecule is CC(C)[C@H](NC(=O)[C@@H]1CCCN1C(=O)[C@@H](N)CC(=O)O)C(=O)N=[S@@](C)(=O)Cc1cc2cc(c1)OCCCCOc1cc(F)ccc1-c1nc(ncc1F)N2. The summed E-state index contributed by atoms with van der Waals surface area (Å²) in [5.74, 6) is -4.83. The van der Waals surface area contributed by atoms with Crippen LogP contribution < -0.4 is 25.8 Å². The van der Waals surface area contributed by atoms with Crippen LogP contribution in [0.25, 0.3) is 11.3 Å². The third kappa shape index (κ3) is 10.2. The smallest absolute Gasteiger partial charge is 0.305 e. The largest absolute Gasteiger partial charge is 0.494 e. The van der Waals surface area contributed by atoms with Crippen LogP contribution in [0, 0.1) is 17.6 Å². The molecule has 2 aliphatic rings. The second-order valence-corrected chi connectivity index (χ2v) is 16.0. The fourth-order valence-corrected chi connectivity index (χ4v) is 7.52. The monoisotopic (exact) mass is 771 g/mol. The zero-order chi connectivity index (χ0) is 39.2. The average molecular weight is 772 g/mol. The summed E-state index contributed by atoms with van der Waals surface area (Å²) in [6.07, 6.45) is 3.55. The Morgan fingerprint density at radius 3 is 2.57 bits per heavy atom. The molecule has 2 aromatic carbocycles. The quantitative estimate of drug-likeness (QED) is 0.245. The van der Waals surface area contributed by atoms with Crippen LogP contribution in [0.3, 0.4) is 0 Å². The summed E-state index contributed by atoms with van der Waals surface area (Å²) in [6, 6.07) is 5.21. The van der Waals surface area contributed by atoms with E-state index in [1.807, 2.05) is 0 Å². The molecule has 1 aromatic heterocycles. The molecular weight excluding hydrogens is 728 g/mol. The van der Waals surface area contributed by atoms with Crippen LogP contribution in [-0.4, -0.2) is 92.0 Å². The summed E-state index contributed by atoms with van der Waals surface area (Å²) >= 11 is 0. The number of hydrogen-bond acceptors (Lipinski definition) is 11. The van der Waals surface area contributed by atoms with Crippen molar-refractivity contribution >= 4 is 45.1 Å². The van der Waals surface area contributed by atoms with Gasteiger partial charge < -0.3 is 35.8 Å². The molecule has 1 fully saturated rings. The molecule has 3 amide bonds. The topological polar surface area (TPSA) is 215 Å². The lowest BCUT2D eigenvalue weighted by molar-refractivity contribution is -0.144. The summed E-state index contributed by atoms with van der Waals surface area (Å²) in [6.45, 7) is 4.04. The minimum absolute atomic E-state index is 0.00124. The van der Waals surface area contributed by atoms with E-state index in [4.69, 9.17) is 20.3 Å². The van der Waals surface area contributed by atoms with Crippen LogP contribution in [-0.2, 0) is 34.7 Å². The zero-order valence-corrected chi connectivity index (χ0v) is 30.9. The van der Waals surface area contributed by atoms with Gasteiger partial charge in [-0.2, -0.15) is 4.36 Å². The number of carbonyl (C=O) groups excluding carboxylic acids is 3. The molecule has 0 saturated carbocycles. The Morgan fingerprint density at radius 1 is 1.11 bits per heavy atom. The number of aliphatic carboxylic acids is 1. The highest BCUT2D eigenvalue weighted by Crippen LogP contribution is 2.33. The van der Waals surface area contributed by atoms with Crippen LogP contribution in [0.4, 0.5) is 20.4 Å². The number of likely N-dealkylation sites (tertiary alicyclic amines) is 1. The maximum absolute atomic E-state index is 15.0. The highest BCUT2D eigenvalue weighted by atomic mass is 32.2. The number of nitrogens with one attached hydrogen (secondary N) is 2. The number of ether oxygens (including phenoxy) is 2. The molecule has 0 radical (unpaired) electrons. The Kier molecular flexibility index (Phi) is 12.8. The number of carbonyl (C=O) groups is 4. The summed E-state index contributed by atoms with van der Waals surface area (Å²) in [7, 11) is -3.27. The van der Waals surface area contributed by atoms with Crippen molar-refractivity contribution in [1.82, 2.24) is 20.2 Å². The molecular formula is C36H43F2N7O8S. The number of rotatable bonds is 9. The van der Waals surface area contributed by atoms with E-state index in [1.54, 1.807) is 32.0 Å². The molecule has 18 heteroatoms. The van der Waals surface area contributed by atoms with Gasteiger partial charge >= 0.3 is 5.97 Å². The highest BCUT2D eigenvalue weighted by Gasteiger charge is 2.38. The van der Waals surface area contributed by atoms with E-state index in [9.17, 15) is 27.8 Å². The molecule has 1 saturated heterocycles. The minimum atomic E-state index is -3.27. The third-order valence-corrected chi connectivity index (χ3v) is 10.2. The van der Waals surface area contributed by atoms with Crippen LogP contribution in [0.1, 0.15) is 51.5 Å². The Balaban J connectivity index is 1.37. The molecule has 5 N–H and O–H groups in total. The first-order valence-electron chi connectivity index (χ1n) is 17.4. The first-order chi connectivity index (χ1) is 25.6. The molecule has 4 bridgehead atoms. The molecule has 2 aliphatic heterocycles. The first-order valence-corrected chi connectivity index (χ1v) is 19.5. The number of amides is 3. The molecule has 15 nitrogen and oxygen atoms in total. The maximum atomic E-state index is 15.0. The van der Waals surface area contributed by atoms with Crippen molar-refractivity contribution in [3.63, 3.8) is 0 Å². The average Bonchev–Trinajstić information content (AvgIpc) is 3.58. The standard InChI is InChI=1S/C36H43F2N7O8S/c1-20(2)31(42-33(48)28-7-6-10-45(28)35(50)27(39)17-30(46)47)34(49)44-54(3,51)19-21-13-23-16-24(14-21)52-11-4-5-12-53-29-15-22(37)8-9-25(29)32-26(38)18-40-36(41-23)43-32/h8-9,13-16,18,20,27-28,31H,4-7,10-12,17,19,39H2,1-3H3,(H,42,48)(H,46,47)(H,40,41,43)/t27-,28-,31-,54-/m0/s1. The van der Waals surface area contributed by atoms with Gasteiger partial charge in [-0.1, -0.05) is 13.8 Å². The van der Waals surface area contributed by atoms with Crippen molar-refractivity contribution in [2.45, 2.75) is 69.8 Å². The number of benzene rings is 2. The van der Waals surface area contributed by atoms with E-state index < -0.39 is 75.5 Å². The number of carboxylic acids is 1. The van der Waals surface area contributed by atoms with Crippen molar-refractivity contribution in [2.75, 3.05) is 31.3 Å². The first kappa shape index (κ1) is 40.0. The van der Waals surface area contributed by atoms with E-state index in [1.165, 1.54) is 23.3 Å². The molecule has 4 atom stereocenters. The molecule has 0 spiro atoms. The van der Waals surface area contributed by atoms with Crippen molar-refractivity contribution in [3.8, 4) is 22.8 Å². The van der Waals surface area contributed by atoms with Gasteiger partial charge in [-0.15, -0.1) is 0 Å². The predicted octanol–water partition coefficient (Wildman–Crippen LogP) is 3.78. The second-order valence-electron chi connectivity index (χ2n) is 13.6. The number of fused-ring (bicyclic) bond motifs is 6. The summed E-state index contributed by atoms with van der Waals surface area (Å²) in [4.78, 5) is 60.4. The van der Waals surface area contributed by atoms with Gasteiger partial charge in [0.15, 0.2) is 5.82 Å². The van der Waals surface area contributed by atoms with E-state index >= 15 is 4.39 Å². The number of aromatic nitrogens is 2. The van der Waals surface area contributed by atoms with Gasteiger partial charge in [0, 0.05) is 36.2 Å². The van der Waals surface area contributed by atoms with E-state index in [2.05, 4.69) is 25.0 Å². The van der Waals surface area contributed by atoms with E-state index in [-0.39, 0.29) is 54.9 Å². The number of carboxylic acid groups (broad SMARTS) is 1. The molecule has 3 heterocycles. The number of anilines is 2. The lowest BCUT2D eigenvalue weighted by Gasteiger charge is -2.28. The third-order valence-electron chi connectivity index (χ3n) is 8.73. The van der Waals surface area contributed by atoms with Crippen LogP contribution in [0.5, 0.6) is 11.5 Å². The van der Waals surface area contributed by atoms with Gasteiger partial charge in [0.2, 0.25) is 17.8 Å². The maximum Gasteiger partial charge on any atom is 0.305 e. The van der Waals surface area contributed by atoms with Crippen LogP contribution in [0.15, 0.2) is 47.0 Å². The van der Waals surface area contributed by atoms with Crippen LogP contribution >= 0.6 is 0 Å². The molecule has 5 rings (SSSR count). The molecule has 290 valence electrons. The van der Waals surface area contributed by atoms with Crippen molar-refractivity contribution in [2.24, 2.45) is 16.0 Å². The minimum Gasteiger partial charge on any atom is -0.494 e.